The molecule has 1 saturated carbocycles. The molecule has 20 heavy (non-hydrogen) atoms. The number of nitrogens with zero attached hydrogens (tertiary/aromatic N) is 1. The summed E-state index contributed by atoms with van der Waals surface area (Å²) in [5, 5.41) is 0. The van der Waals surface area contributed by atoms with Gasteiger partial charge < -0.3 is 0 Å². The van der Waals surface area contributed by atoms with Crippen LogP contribution < -0.4 is 4.90 Å². The Hall–Kier alpha value is -1.90. The van der Waals surface area contributed by atoms with E-state index in [1.54, 1.807) is 0 Å². The van der Waals surface area contributed by atoms with E-state index in [1.165, 1.54) is 4.90 Å². The molecule has 0 N–H and O–H groups in total. The normalized spacial score (nSPS) is 34.8. The van der Waals surface area contributed by atoms with Gasteiger partial charge in [-0.3, -0.25) is 14.5 Å². The molecule has 0 unspecified atom stereocenters. The van der Waals surface area contributed by atoms with E-state index in [0.29, 0.717) is 0 Å². The van der Waals surface area contributed by atoms with Crippen molar-refractivity contribution in [3.63, 3.8) is 0 Å². The number of amides is 2. The fraction of sp³-hybridized carbons (Fsp3) is 0.412. The van der Waals surface area contributed by atoms with Gasteiger partial charge in [0.05, 0.1) is 17.5 Å². The fourth-order valence-electron chi connectivity index (χ4n) is 4.10. The number of hydrogen-bond donors (Lipinski definition) is 0. The van der Waals surface area contributed by atoms with Gasteiger partial charge in [-0.1, -0.05) is 24.3 Å². The first-order valence-corrected chi connectivity index (χ1v) is 7.29. The maximum Gasteiger partial charge on any atom is 0.238 e. The highest BCUT2D eigenvalue weighted by Crippen LogP contribution is 2.50. The van der Waals surface area contributed by atoms with Crippen molar-refractivity contribution < 1.29 is 9.59 Å². The number of aryl methyl sites for hydroxylation is 1. The minimum Gasteiger partial charge on any atom is -0.274 e. The summed E-state index contributed by atoms with van der Waals surface area (Å²) < 4.78 is 0. The summed E-state index contributed by atoms with van der Waals surface area (Å²) in [4.78, 5) is 26.9. The Morgan fingerprint density at radius 1 is 1.00 bits per heavy atom. The highest BCUT2D eigenvalue weighted by atomic mass is 16.2. The number of imide groups is 1. The zero-order valence-electron chi connectivity index (χ0n) is 11.5. The highest BCUT2D eigenvalue weighted by Gasteiger charge is 2.56. The summed E-state index contributed by atoms with van der Waals surface area (Å²) in [6.45, 7) is 1.98. The quantitative estimate of drug-likeness (QED) is 0.579. The molecule has 3 aliphatic carbocycles. The van der Waals surface area contributed by atoms with E-state index in [-0.39, 0.29) is 35.5 Å². The second-order valence-electron chi connectivity index (χ2n) is 6.19. The lowest BCUT2D eigenvalue weighted by Gasteiger charge is -2.38. The Balaban J connectivity index is 1.77. The van der Waals surface area contributed by atoms with Crippen LogP contribution in [0.15, 0.2) is 36.4 Å². The molecule has 1 aliphatic heterocycles. The number of hydrogen-bond acceptors (Lipinski definition) is 2. The monoisotopic (exact) mass is 267 g/mol. The highest BCUT2D eigenvalue weighted by molar-refractivity contribution is 6.22. The molecule has 3 nitrogen and oxygen atoms in total. The molecule has 0 spiro atoms. The lowest BCUT2D eigenvalue weighted by atomic mass is 9.63. The molecule has 2 bridgehead atoms. The molecule has 0 radical (unpaired) electrons. The molecule has 1 heterocycles. The van der Waals surface area contributed by atoms with Crippen molar-refractivity contribution in [2.24, 2.45) is 23.7 Å². The number of carbonyl (C=O) groups is 2. The van der Waals surface area contributed by atoms with E-state index in [2.05, 4.69) is 12.2 Å². The fourth-order valence-corrected chi connectivity index (χ4v) is 4.10. The van der Waals surface area contributed by atoms with Gasteiger partial charge >= 0.3 is 0 Å². The van der Waals surface area contributed by atoms with E-state index in [1.807, 2.05) is 31.2 Å². The van der Waals surface area contributed by atoms with Crippen LogP contribution in [0.4, 0.5) is 5.69 Å². The maximum atomic E-state index is 12.7. The minimum absolute atomic E-state index is 0.00431. The van der Waals surface area contributed by atoms with Gasteiger partial charge in [0.1, 0.15) is 0 Å². The molecule has 4 aliphatic rings. The van der Waals surface area contributed by atoms with Gasteiger partial charge in [0.15, 0.2) is 0 Å². The molecule has 0 aromatic heterocycles. The first-order chi connectivity index (χ1) is 9.66. The Morgan fingerprint density at radius 2 is 1.60 bits per heavy atom. The lowest BCUT2D eigenvalue weighted by molar-refractivity contribution is -0.124. The second-order valence-corrected chi connectivity index (χ2v) is 6.19. The zero-order chi connectivity index (χ0) is 13.9. The molecule has 1 saturated heterocycles. The van der Waals surface area contributed by atoms with Crippen LogP contribution in [-0.4, -0.2) is 11.8 Å². The van der Waals surface area contributed by atoms with E-state index in [9.17, 15) is 9.59 Å². The Bertz CT molecular complexity index is 602. The van der Waals surface area contributed by atoms with Gasteiger partial charge in [0.2, 0.25) is 11.8 Å². The summed E-state index contributed by atoms with van der Waals surface area (Å²) in [5.74, 6) is 0.292. The summed E-state index contributed by atoms with van der Waals surface area (Å²) in [7, 11) is 0. The third kappa shape index (κ3) is 1.46. The van der Waals surface area contributed by atoms with E-state index in [0.717, 1.165) is 24.1 Å². The summed E-state index contributed by atoms with van der Waals surface area (Å²) in [5.41, 5.74) is 1.80. The van der Waals surface area contributed by atoms with Gasteiger partial charge in [-0.05, 0) is 49.3 Å². The van der Waals surface area contributed by atoms with Gasteiger partial charge in [0.25, 0.3) is 0 Å². The molecule has 102 valence electrons. The van der Waals surface area contributed by atoms with Crippen molar-refractivity contribution >= 4 is 17.5 Å². The second kappa shape index (κ2) is 4.05. The molecule has 1 aromatic rings. The average Bonchev–Trinajstić information content (AvgIpc) is 2.74. The number of fused-ring (bicyclic) bond motifs is 1. The van der Waals surface area contributed by atoms with Crippen LogP contribution in [0.5, 0.6) is 0 Å². The van der Waals surface area contributed by atoms with Crippen LogP contribution in [0.1, 0.15) is 18.4 Å². The number of carbonyl (C=O) groups excluding carboxylic acids is 2. The van der Waals surface area contributed by atoms with Crippen LogP contribution in [-0.2, 0) is 9.59 Å². The lowest BCUT2D eigenvalue weighted by Crippen LogP contribution is -2.38. The third-order valence-corrected chi connectivity index (χ3v) is 5.02. The van der Waals surface area contributed by atoms with Gasteiger partial charge in [0, 0.05) is 0 Å². The van der Waals surface area contributed by atoms with Crippen molar-refractivity contribution in [3.8, 4) is 0 Å². The topological polar surface area (TPSA) is 37.4 Å². The van der Waals surface area contributed by atoms with E-state index in [4.69, 9.17) is 0 Å². The van der Waals surface area contributed by atoms with Crippen molar-refractivity contribution in [2.75, 3.05) is 4.90 Å². The standard InChI is InChI=1S/C17H17NO2/c1-10-3-2-4-13(9-10)18-16(19)14-11-5-6-12(8-7-11)15(14)17(18)20/h2-6,9,11-12,14-15H,7-8H2,1H3/t11-,12+,14-,15-/m0/s1. The Morgan fingerprint density at radius 3 is 2.10 bits per heavy atom. The molecule has 5 rings (SSSR count). The van der Waals surface area contributed by atoms with Crippen LogP contribution in [0, 0.1) is 30.6 Å². The molecular weight excluding hydrogens is 250 g/mol. The molecular formula is C17H17NO2. The molecule has 2 amide bonds. The largest absolute Gasteiger partial charge is 0.274 e. The van der Waals surface area contributed by atoms with Gasteiger partial charge in [-0.2, -0.15) is 0 Å². The third-order valence-electron chi connectivity index (χ3n) is 5.02. The summed E-state index contributed by atoms with van der Waals surface area (Å²) in [6, 6.07) is 7.66. The smallest absolute Gasteiger partial charge is 0.238 e. The predicted molar refractivity (Wildman–Crippen MR) is 76.0 cm³/mol. The van der Waals surface area contributed by atoms with E-state index < -0.39 is 0 Å². The van der Waals surface area contributed by atoms with Gasteiger partial charge in [-0.25, -0.2) is 0 Å². The van der Waals surface area contributed by atoms with Gasteiger partial charge in [-0.15, -0.1) is 0 Å². The number of benzene rings is 1. The van der Waals surface area contributed by atoms with Crippen LogP contribution in [0.25, 0.3) is 0 Å². The predicted octanol–water partition coefficient (Wildman–Crippen LogP) is 2.70. The number of rotatable bonds is 1. The van der Waals surface area contributed by atoms with E-state index >= 15 is 0 Å². The Kier molecular flexibility index (Phi) is 2.40. The Labute approximate surface area is 118 Å². The molecule has 4 atom stereocenters. The molecule has 3 heteroatoms. The van der Waals surface area contributed by atoms with Crippen molar-refractivity contribution in [3.05, 3.63) is 42.0 Å². The average molecular weight is 267 g/mol. The van der Waals surface area contributed by atoms with Crippen LogP contribution in [0.3, 0.4) is 0 Å². The maximum absolute atomic E-state index is 12.7. The molecule has 1 aromatic carbocycles. The van der Waals surface area contributed by atoms with Crippen molar-refractivity contribution in [1.82, 2.24) is 0 Å². The zero-order valence-corrected chi connectivity index (χ0v) is 11.5. The minimum atomic E-state index is -0.119. The van der Waals surface area contributed by atoms with Crippen molar-refractivity contribution in [1.29, 1.82) is 0 Å². The summed E-state index contributed by atoms with van der Waals surface area (Å²) in [6.07, 6.45) is 6.40. The molecule has 2 fully saturated rings. The first-order valence-electron chi connectivity index (χ1n) is 7.29. The van der Waals surface area contributed by atoms with Crippen molar-refractivity contribution in [2.45, 2.75) is 19.8 Å². The van der Waals surface area contributed by atoms with Crippen LogP contribution in [0.2, 0.25) is 0 Å². The first kappa shape index (κ1) is 11.9. The van der Waals surface area contributed by atoms with Crippen LogP contribution >= 0.6 is 0 Å². The summed E-state index contributed by atoms with van der Waals surface area (Å²) >= 11 is 0. The SMILES string of the molecule is Cc1cccc(N2C(=O)[C@@H]3[C@@H](C2=O)[C@H]2C=C[C@@H]3CC2)c1. The number of allylic oxidation sites excluding steroid dienone is 2. The number of anilines is 1.